The van der Waals surface area contributed by atoms with Crippen LogP contribution in [0.15, 0.2) is 18.2 Å². The second kappa shape index (κ2) is 6.79. The van der Waals surface area contributed by atoms with Crippen molar-refractivity contribution in [2.45, 2.75) is 52.6 Å². The lowest BCUT2D eigenvalue weighted by Crippen LogP contribution is -2.47. The highest BCUT2D eigenvalue weighted by Crippen LogP contribution is 2.33. The van der Waals surface area contributed by atoms with Crippen LogP contribution < -0.4 is 15.2 Å². The fraction of sp³-hybridized carbons (Fsp3) is 0.611. The van der Waals surface area contributed by atoms with E-state index in [1.807, 2.05) is 32.2 Å². The van der Waals surface area contributed by atoms with Gasteiger partial charge in [-0.2, -0.15) is 0 Å². The molecule has 128 valence electrons. The highest BCUT2D eigenvalue weighted by molar-refractivity contribution is 5.81. The van der Waals surface area contributed by atoms with Crippen molar-refractivity contribution in [3.8, 4) is 11.5 Å². The van der Waals surface area contributed by atoms with Crippen LogP contribution in [0.2, 0.25) is 0 Å². The lowest BCUT2D eigenvalue weighted by atomic mass is 9.88. The van der Waals surface area contributed by atoms with Crippen LogP contribution >= 0.6 is 0 Å². The first-order valence-electron chi connectivity index (χ1n) is 8.08. The van der Waals surface area contributed by atoms with E-state index >= 15 is 0 Å². The van der Waals surface area contributed by atoms with Gasteiger partial charge in [-0.3, -0.25) is 4.79 Å². The number of hydrogen-bond acceptors (Lipinski definition) is 4. The molecule has 1 aliphatic rings. The maximum absolute atomic E-state index is 12.5. The molecule has 1 heterocycles. The van der Waals surface area contributed by atoms with Gasteiger partial charge in [0.1, 0.15) is 0 Å². The molecule has 2 unspecified atom stereocenters. The highest BCUT2D eigenvalue weighted by atomic mass is 16.7. The molecule has 1 amide bonds. The molecule has 1 aromatic carbocycles. The molecule has 1 aliphatic heterocycles. The number of fused-ring (bicyclic) bond motifs is 1. The molecular weight excluding hydrogens is 292 g/mol. The van der Waals surface area contributed by atoms with Gasteiger partial charge in [0.25, 0.3) is 0 Å². The van der Waals surface area contributed by atoms with Gasteiger partial charge in [0, 0.05) is 13.1 Å². The molecule has 0 aliphatic carbocycles. The third-order valence-corrected chi connectivity index (χ3v) is 4.13. The molecule has 0 fully saturated rings. The van der Waals surface area contributed by atoms with Crippen LogP contribution in [0.5, 0.6) is 11.5 Å². The molecule has 0 spiro atoms. The smallest absolute Gasteiger partial charge is 0.239 e. The van der Waals surface area contributed by atoms with E-state index in [1.165, 1.54) is 0 Å². The van der Waals surface area contributed by atoms with Gasteiger partial charge in [0.15, 0.2) is 11.5 Å². The highest BCUT2D eigenvalue weighted by Gasteiger charge is 2.26. The molecule has 0 bridgehead atoms. The fourth-order valence-electron chi connectivity index (χ4n) is 2.77. The van der Waals surface area contributed by atoms with E-state index in [-0.39, 0.29) is 24.2 Å². The maximum atomic E-state index is 12.5. The van der Waals surface area contributed by atoms with E-state index in [9.17, 15) is 4.79 Å². The number of ether oxygens (including phenoxy) is 2. The summed E-state index contributed by atoms with van der Waals surface area (Å²) in [6.45, 7) is 8.59. The summed E-state index contributed by atoms with van der Waals surface area (Å²) >= 11 is 0. The van der Waals surface area contributed by atoms with Gasteiger partial charge >= 0.3 is 0 Å². The van der Waals surface area contributed by atoms with E-state index < -0.39 is 6.04 Å². The zero-order valence-electron chi connectivity index (χ0n) is 14.8. The van der Waals surface area contributed by atoms with Crippen LogP contribution in [0.1, 0.15) is 39.7 Å². The molecule has 0 radical (unpaired) electrons. The summed E-state index contributed by atoms with van der Waals surface area (Å²) in [6.07, 6.45) is 1.42. The Morgan fingerprint density at radius 2 is 1.96 bits per heavy atom. The van der Waals surface area contributed by atoms with Crippen molar-refractivity contribution in [2.24, 2.45) is 11.1 Å². The minimum Gasteiger partial charge on any atom is -0.454 e. The van der Waals surface area contributed by atoms with E-state index in [2.05, 4.69) is 20.8 Å². The predicted octanol–water partition coefficient (Wildman–Crippen LogP) is 2.57. The number of carbonyl (C=O) groups excluding carboxylic acids is 1. The number of amides is 1. The quantitative estimate of drug-likeness (QED) is 0.905. The number of hydrogen-bond donors (Lipinski definition) is 1. The van der Waals surface area contributed by atoms with Gasteiger partial charge in [0.2, 0.25) is 12.7 Å². The Kier molecular flexibility index (Phi) is 5.19. The molecule has 5 heteroatoms. The number of carbonyl (C=O) groups is 1. The Morgan fingerprint density at radius 1 is 1.30 bits per heavy atom. The summed E-state index contributed by atoms with van der Waals surface area (Å²) < 4.78 is 10.7. The Hall–Kier alpha value is -1.75. The molecule has 23 heavy (non-hydrogen) atoms. The summed E-state index contributed by atoms with van der Waals surface area (Å²) in [5.41, 5.74) is 7.24. The Bertz CT molecular complexity index is 566. The summed E-state index contributed by atoms with van der Waals surface area (Å²) in [5, 5.41) is 0. The lowest BCUT2D eigenvalue weighted by Gasteiger charge is -2.30. The molecule has 5 nitrogen and oxygen atoms in total. The van der Waals surface area contributed by atoms with Gasteiger partial charge in [-0.25, -0.2) is 0 Å². The largest absolute Gasteiger partial charge is 0.454 e. The van der Waals surface area contributed by atoms with Gasteiger partial charge in [0.05, 0.1) is 6.04 Å². The normalized spacial score (nSPS) is 16.1. The predicted molar refractivity (Wildman–Crippen MR) is 90.5 cm³/mol. The van der Waals surface area contributed by atoms with Crippen molar-refractivity contribution in [3.63, 3.8) is 0 Å². The van der Waals surface area contributed by atoms with Crippen LogP contribution in [-0.4, -0.2) is 36.7 Å². The molecule has 2 rings (SSSR count). The SMILES string of the molecule is CC(Cc1ccc2c(c1)OCO2)N(C)C(=O)C(N)CC(C)(C)C. The zero-order valence-corrected chi connectivity index (χ0v) is 14.8. The fourth-order valence-corrected chi connectivity index (χ4v) is 2.77. The first-order chi connectivity index (χ1) is 10.7. The van der Waals surface area contributed by atoms with E-state index in [1.54, 1.807) is 4.90 Å². The first-order valence-corrected chi connectivity index (χ1v) is 8.08. The number of likely N-dealkylation sites (N-methyl/N-ethyl adjacent to an activating group) is 1. The third-order valence-electron chi connectivity index (χ3n) is 4.13. The van der Waals surface area contributed by atoms with Gasteiger partial charge < -0.3 is 20.1 Å². The molecule has 0 saturated heterocycles. The molecule has 2 N–H and O–H groups in total. The number of rotatable bonds is 5. The van der Waals surface area contributed by atoms with Crippen LogP contribution in [0.25, 0.3) is 0 Å². The van der Waals surface area contributed by atoms with E-state index in [0.717, 1.165) is 23.5 Å². The van der Waals surface area contributed by atoms with Gasteiger partial charge in [-0.15, -0.1) is 0 Å². The number of nitrogens with two attached hydrogens (primary N) is 1. The van der Waals surface area contributed by atoms with Crippen LogP contribution in [0.3, 0.4) is 0 Å². The van der Waals surface area contributed by atoms with Crippen LogP contribution in [-0.2, 0) is 11.2 Å². The molecule has 1 aromatic rings. The maximum Gasteiger partial charge on any atom is 0.239 e. The number of nitrogens with zero attached hydrogens (tertiary/aromatic N) is 1. The molecule has 2 atom stereocenters. The molecule has 0 aromatic heterocycles. The third kappa shape index (κ3) is 4.61. The average Bonchev–Trinajstić information content (AvgIpc) is 2.91. The van der Waals surface area contributed by atoms with E-state index in [4.69, 9.17) is 15.2 Å². The van der Waals surface area contributed by atoms with Gasteiger partial charge in [-0.05, 0) is 42.9 Å². The Morgan fingerprint density at radius 3 is 2.61 bits per heavy atom. The topological polar surface area (TPSA) is 64.8 Å². The van der Waals surface area contributed by atoms with E-state index in [0.29, 0.717) is 6.42 Å². The summed E-state index contributed by atoms with van der Waals surface area (Å²) in [4.78, 5) is 14.2. The lowest BCUT2D eigenvalue weighted by molar-refractivity contribution is -0.133. The van der Waals surface area contributed by atoms with Crippen molar-refractivity contribution in [3.05, 3.63) is 23.8 Å². The van der Waals surface area contributed by atoms with Crippen molar-refractivity contribution in [2.75, 3.05) is 13.8 Å². The van der Waals surface area contributed by atoms with Crippen molar-refractivity contribution >= 4 is 5.91 Å². The summed E-state index contributed by atoms with van der Waals surface area (Å²) in [5.74, 6) is 1.54. The van der Waals surface area contributed by atoms with Gasteiger partial charge in [-0.1, -0.05) is 26.8 Å². The zero-order chi connectivity index (χ0) is 17.2. The standard InChI is InChI=1S/C18H28N2O3/c1-12(20(5)17(21)14(19)10-18(2,3)4)8-13-6-7-15-16(9-13)23-11-22-15/h6-7,9,12,14H,8,10-11,19H2,1-5H3. The Balaban J connectivity index is 1.96. The van der Waals surface area contributed by atoms with Crippen molar-refractivity contribution in [1.29, 1.82) is 0 Å². The summed E-state index contributed by atoms with van der Waals surface area (Å²) in [6, 6.07) is 5.51. The monoisotopic (exact) mass is 320 g/mol. The van der Waals surface area contributed by atoms with Crippen molar-refractivity contribution < 1.29 is 14.3 Å². The minimum absolute atomic E-state index is 0.00633. The van der Waals surface area contributed by atoms with Crippen LogP contribution in [0.4, 0.5) is 0 Å². The minimum atomic E-state index is -0.459. The second-order valence-electron chi connectivity index (χ2n) is 7.56. The van der Waals surface area contributed by atoms with Crippen molar-refractivity contribution in [1.82, 2.24) is 4.90 Å². The summed E-state index contributed by atoms with van der Waals surface area (Å²) in [7, 11) is 1.82. The second-order valence-corrected chi connectivity index (χ2v) is 7.56. The average molecular weight is 320 g/mol. The molecular formula is C18H28N2O3. The van der Waals surface area contributed by atoms with Crippen LogP contribution in [0, 0.1) is 5.41 Å². The first kappa shape index (κ1) is 17.6. The number of benzene rings is 1. The molecule has 0 saturated carbocycles. The Labute approximate surface area is 138 Å².